The van der Waals surface area contributed by atoms with Crippen LogP contribution in [0.4, 0.5) is 0 Å². The summed E-state index contributed by atoms with van der Waals surface area (Å²) in [6.07, 6.45) is 2.93. The molecule has 1 atom stereocenters. The third kappa shape index (κ3) is 3.57. The number of rotatable bonds is 5. The fourth-order valence-electron chi connectivity index (χ4n) is 2.08. The van der Waals surface area contributed by atoms with Gasteiger partial charge < -0.3 is 10.1 Å². The number of carbonyl (C=O) groups is 2. The summed E-state index contributed by atoms with van der Waals surface area (Å²) in [5, 5.41) is 2.65. The molecule has 0 spiro atoms. The van der Waals surface area contributed by atoms with Crippen LogP contribution >= 0.6 is 0 Å². The van der Waals surface area contributed by atoms with Crippen molar-refractivity contribution in [2.24, 2.45) is 0 Å². The summed E-state index contributed by atoms with van der Waals surface area (Å²) in [7, 11) is 3.14. The van der Waals surface area contributed by atoms with Crippen LogP contribution in [0.5, 0.6) is 0 Å². The number of methoxy groups -OCH3 is 1. The van der Waals surface area contributed by atoms with E-state index < -0.39 is 0 Å². The topological polar surface area (TPSA) is 58.6 Å². The number of Topliss-reactive ketones (excluding diaryl/α,β-unsaturated/α-hetero) is 1. The van der Waals surface area contributed by atoms with E-state index in [0.717, 1.165) is 25.8 Å². The standard InChI is InChI=1S/C11H20N2O3/c1-12-11(15)10-5-3-4-6-13(10)7-9(14)8-16-2/h10H,3-8H2,1-2H3,(H,12,15). The minimum Gasteiger partial charge on any atom is -0.377 e. The molecule has 1 N–H and O–H groups in total. The van der Waals surface area contributed by atoms with Crippen LogP contribution in [-0.2, 0) is 14.3 Å². The second-order valence-corrected chi connectivity index (χ2v) is 4.07. The SMILES string of the molecule is CNC(=O)C1CCCCN1CC(=O)COC. The first-order valence-electron chi connectivity index (χ1n) is 5.65. The van der Waals surface area contributed by atoms with Crippen molar-refractivity contribution in [3.63, 3.8) is 0 Å². The fourth-order valence-corrected chi connectivity index (χ4v) is 2.08. The van der Waals surface area contributed by atoms with Gasteiger partial charge in [0.2, 0.25) is 5.91 Å². The van der Waals surface area contributed by atoms with Gasteiger partial charge in [-0.1, -0.05) is 6.42 Å². The van der Waals surface area contributed by atoms with E-state index in [1.54, 1.807) is 7.05 Å². The van der Waals surface area contributed by atoms with Crippen LogP contribution in [0.3, 0.4) is 0 Å². The highest BCUT2D eigenvalue weighted by Crippen LogP contribution is 2.16. The number of likely N-dealkylation sites (N-methyl/N-ethyl adjacent to an activating group) is 1. The van der Waals surface area contributed by atoms with E-state index in [0.29, 0.717) is 6.54 Å². The number of amides is 1. The second kappa shape index (κ2) is 6.60. The Hall–Kier alpha value is -0.940. The van der Waals surface area contributed by atoms with E-state index in [9.17, 15) is 9.59 Å². The summed E-state index contributed by atoms with van der Waals surface area (Å²) in [4.78, 5) is 25.0. The van der Waals surface area contributed by atoms with Gasteiger partial charge in [-0.15, -0.1) is 0 Å². The van der Waals surface area contributed by atoms with Crippen molar-refractivity contribution in [1.29, 1.82) is 0 Å². The lowest BCUT2D eigenvalue weighted by atomic mass is 10.0. The molecule has 1 fully saturated rings. The van der Waals surface area contributed by atoms with Gasteiger partial charge >= 0.3 is 0 Å². The van der Waals surface area contributed by atoms with Crippen LogP contribution < -0.4 is 5.32 Å². The van der Waals surface area contributed by atoms with E-state index >= 15 is 0 Å². The largest absolute Gasteiger partial charge is 0.377 e. The Morgan fingerprint density at radius 3 is 2.81 bits per heavy atom. The number of hydrogen-bond acceptors (Lipinski definition) is 4. The number of nitrogens with zero attached hydrogens (tertiary/aromatic N) is 1. The molecular weight excluding hydrogens is 208 g/mol. The number of ether oxygens (including phenoxy) is 1. The summed E-state index contributed by atoms with van der Waals surface area (Å²) >= 11 is 0. The van der Waals surface area contributed by atoms with E-state index in [-0.39, 0.29) is 24.3 Å². The molecule has 0 aromatic heterocycles. The number of piperidine rings is 1. The first kappa shape index (κ1) is 13.1. The van der Waals surface area contributed by atoms with Crippen molar-refractivity contribution in [3.05, 3.63) is 0 Å². The molecule has 0 aliphatic carbocycles. The predicted octanol–water partition coefficient (Wildman–Crippen LogP) is -0.198. The third-order valence-electron chi connectivity index (χ3n) is 2.85. The van der Waals surface area contributed by atoms with Gasteiger partial charge in [0, 0.05) is 14.2 Å². The molecule has 5 heteroatoms. The number of nitrogens with one attached hydrogen (secondary N) is 1. The highest BCUT2D eigenvalue weighted by Gasteiger charge is 2.28. The van der Waals surface area contributed by atoms with Gasteiger partial charge in [0.25, 0.3) is 0 Å². The Balaban J connectivity index is 2.53. The average molecular weight is 228 g/mol. The molecule has 0 aromatic carbocycles. The highest BCUT2D eigenvalue weighted by atomic mass is 16.5. The minimum atomic E-state index is -0.153. The van der Waals surface area contributed by atoms with Crippen molar-refractivity contribution in [1.82, 2.24) is 10.2 Å². The Morgan fingerprint density at radius 1 is 1.44 bits per heavy atom. The fraction of sp³-hybridized carbons (Fsp3) is 0.818. The van der Waals surface area contributed by atoms with Gasteiger partial charge in [0.1, 0.15) is 6.61 Å². The minimum absolute atomic E-state index is 0.00455. The van der Waals surface area contributed by atoms with Gasteiger partial charge in [-0.25, -0.2) is 0 Å². The number of likely N-dealkylation sites (tertiary alicyclic amines) is 1. The molecule has 1 heterocycles. The van der Waals surface area contributed by atoms with E-state index in [1.165, 1.54) is 7.11 Å². The molecule has 1 aliphatic rings. The lowest BCUT2D eigenvalue weighted by molar-refractivity contribution is -0.130. The third-order valence-corrected chi connectivity index (χ3v) is 2.85. The van der Waals surface area contributed by atoms with Crippen molar-refractivity contribution in [2.45, 2.75) is 25.3 Å². The van der Waals surface area contributed by atoms with Crippen molar-refractivity contribution in [3.8, 4) is 0 Å². The molecule has 1 saturated heterocycles. The zero-order valence-corrected chi connectivity index (χ0v) is 9.99. The van der Waals surface area contributed by atoms with Gasteiger partial charge in [-0.05, 0) is 19.4 Å². The molecule has 16 heavy (non-hydrogen) atoms. The van der Waals surface area contributed by atoms with Crippen LogP contribution in [0.1, 0.15) is 19.3 Å². The number of hydrogen-bond donors (Lipinski definition) is 1. The highest BCUT2D eigenvalue weighted by molar-refractivity contribution is 5.84. The monoisotopic (exact) mass is 228 g/mol. The lowest BCUT2D eigenvalue weighted by Crippen LogP contribution is -2.50. The first-order valence-corrected chi connectivity index (χ1v) is 5.65. The molecule has 0 bridgehead atoms. The van der Waals surface area contributed by atoms with Crippen LogP contribution in [0, 0.1) is 0 Å². The molecule has 1 rings (SSSR count). The molecule has 92 valence electrons. The Kier molecular flexibility index (Phi) is 5.42. The molecule has 1 aliphatic heterocycles. The summed E-state index contributed by atoms with van der Waals surface area (Å²) in [6.45, 7) is 1.25. The Bertz CT molecular complexity index is 256. The van der Waals surface area contributed by atoms with Crippen molar-refractivity contribution < 1.29 is 14.3 Å². The number of carbonyl (C=O) groups excluding carboxylic acids is 2. The summed E-state index contributed by atoms with van der Waals surface area (Å²) in [6, 6.07) is -0.153. The van der Waals surface area contributed by atoms with Crippen LogP contribution in [-0.4, -0.2) is 56.5 Å². The van der Waals surface area contributed by atoms with Crippen LogP contribution in [0.2, 0.25) is 0 Å². The predicted molar refractivity (Wildman–Crippen MR) is 60.2 cm³/mol. The van der Waals surface area contributed by atoms with Gasteiger partial charge in [0.05, 0.1) is 12.6 Å². The lowest BCUT2D eigenvalue weighted by Gasteiger charge is -2.33. The molecule has 1 unspecified atom stereocenters. The normalized spacial score (nSPS) is 21.8. The molecular formula is C11H20N2O3. The van der Waals surface area contributed by atoms with Crippen molar-refractivity contribution in [2.75, 3.05) is 33.9 Å². The maximum atomic E-state index is 11.6. The molecule has 1 amide bonds. The van der Waals surface area contributed by atoms with E-state index in [1.807, 2.05) is 4.90 Å². The first-order chi connectivity index (χ1) is 7.69. The van der Waals surface area contributed by atoms with Gasteiger partial charge in [0.15, 0.2) is 5.78 Å². The summed E-state index contributed by atoms with van der Waals surface area (Å²) in [5.41, 5.74) is 0. The van der Waals surface area contributed by atoms with Gasteiger partial charge in [-0.3, -0.25) is 14.5 Å². The molecule has 0 saturated carbocycles. The zero-order chi connectivity index (χ0) is 12.0. The average Bonchev–Trinajstić information content (AvgIpc) is 2.29. The molecule has 0 aromatic rings. The van der Waals surface area contributed by atoms with E-state index in [2.05, 4.69) is 5.32 Å². The second-order valence-electron chi connectivity index (χ2n) is 4.07. The molecule has 0 radical (unpaired) electrons. The molecule has 5 nitrogen and oxygen atoms in total. The summed E-state index contributed by atoms with van der Waals surface area (Å²) < 4.78 is 4.79. The van der Waals surface area contributed by atoms with E-state index in [4.69, 9.17) is 4.74 Å². The number of ketones is 1. The zero-order valence-electron chi connectivity index (χ0n) is 9.99. The Labute approximate surface area is 96.1 Å². The van der Waals surface area contributed by atoms with Crippen LogP contribution in [0.25, 0.3) is 0 Å². The maximum Gasteiger partial charge on any atom is 0.237 e. The maximum absolute atomic E-state index is 11.6. The quantitative estimate of drug-likeness (QED) is 0.708. The smallest absolute Gasteiger partial charge is 0.237 e. The van der Waals surface area contributed by atoms with Crippen LogP contribution in [0.15, 0.2) is 0 Å². The Morgan fingerprint density at radius 2 is 2.19 bits per heavy atom. The van der Waals surface area contributed by atoms with Gasteiger partial charge in [-0.2, -0.15) is 0 Å². The summed E-state index contributed by atoms with van der Waals surface area (Å²) in [5.74, 6) is 0.0308. The van der Waals surface area contributed by atoms with Crippen molar-refractivity contribution >= 4 is 11.7 Å².